The lowest BCUT2D eigenvalue weighted by molar-refractivity contribution is 0.437. The summed E-state index contributed by atoms with van der Waals surface area (Å²) in [4.78, 5) is 2.21. The van der Waals surface area contributed by atoms with Crippen LogP contribution in [0.25, 0.3) is 0 Å². The van der Waals surface area contributed by atoms with Crippen LogP contribution in [0.15, 0.2) is 0 Å². The van der Waals surface area contributed by atoms with Crippen molar-refractivity contribution in [1.29, 1.82) is 0 Å². The summed E-state index contributed by atoms with van der Waals surface area (Å²) in [6.45, 7) is 3.34. The Morgan fingerprint density at radius 3 is 2.58 bits per heavy atom. The zero-order valence-electron chi connectivity index (χ0n) is 8.55. The lowest BCUT2D eigenvalue weighted by atomic mass is 10.2. The van der Waals surface area contributed by atoms with Crippen LogP contribution in [0.2, 0.25) is 0 Å². The molecule has 1 atom stereocenters. The summed E-state index contributed by atoms with van der Waals surface area (Å²) < 4.78 is 0. The molecule has 2 nitrogen and oxygen atoms in total. The normalized spacial score (nSPS) is 13.8. The zero-order valence-corrected chi connectivity index (χ0v) is 9.36. The van der Waals surface area contributed by atoms with Crippen molar-refractivity contribution in [3.8, 4) is 0 Å². The van der Waals surface area contributed by atoms with Gasteiger partial charge in [0.1, 0.15) is 0 Å². The van der Waals surface area contributed by atoms with Crippen molar-refractivity contribution in [1.82, 2.24) is 4.90 Å². The van der Waals surface area contributed by atoms with Gasteiger partial charge in [0.05, 0.1) is 0 Å². The zero-order chi connectivity index (χ0) is 9.40. The molecule has 0 aromatic heterocycles. The molecule has 0 aromatic rings. The second-order valence-corrected chi connectivity index (χ2v) is 4.58. The monoisotopic (exact) mass is 190 g/mol. The third-order valence-electron chi connectivity index (χ3n) is 1.67. The molecule has 0 fully saturated rings. The van der Waals surface area contributed by atoms with Crippen molar-refractivity contribution in [2.45, 2.75) is 25.8 Å². The van der Waals surface area contributed by atoms with Gasteiger partial charge in [0.15, 0.2) is 0 Å². The second-order valence-electron chi connectivity index (χ2n) is 3.43. The molecule has 0 radical (unpaired) electrons. The molecular formula is C9H22N2S. The Morgan fingerprint density at radius 2 is 2.08 bits per heavy atom. The van der Waals surface area contributed by atoms with Crippen LogP contribution >= 0.6 is 11.8 Å². The smallest absolute Gasteiger partial charge is 0.0130 e. The Morgan fingerprint density at radius 1 is 1.42 bits per heavy atom. The van der Waals surface area contributed by atoms with Crippen LogP contribution < -0.4 is 5.73 Å². The van der Waals surface area contributed by atoms with E-state index in [1.54, 1.807) is 0 Å². The van der Waals surface area contributed by atoms with E-state index in [2.05, 4.69) is 25.9 Å². The van der Waals surface area contributed by atoms with Crippen molar-refractivity contribution in [2.75, 3.05) is 32.1 Å². The third-order valence-corrected chi connectivity index (χ3v) is 2.81. The first-order valence-electron chi connectivity index (χ1n) is 4.64. The van der Waals surface area contributed by atoms with Crippen molar-refractivity contribution >= 4 is 11.8 Å². The Kier molecular flexibility index (Phi) is 8.07. The summed E-state index contributed by atoms with van der Waals surface area (Å²) in [6.07, 6.45) is 2.37. The van der Waals surface area contributed by atoms with Gasteiger partial charge in [-0.3, -0.25) is 0 Å². The average molecular weight is 190 g/mol. The van der Waals surface area contributed by atoms with Gasteiger partial charge in [0.2, 0.25) is 0 Å². The molecule has 3 heteroatoms. The van der Waals surface area contributed by atoms with E-state index in [-0.39, 0.29) is 0 Å². The minimum Gasteiger partial charge on any atom is -0.327 e. The Hall–Kier alpha value is 0.270. The first-order chi connectivity index (χ1) is 5.66. The molecule has 74 valence electrons. The van der Waals surface area contributed by atoms with Gasteiger partial charge in [-0.05, 0) is 20.5 Å². The van der Waals surface area contributed by atoms with Crippen LogP contribution in [0, 0.1) is 0 Å². The maximum absolute atomic E-state index is 5.87. The average Bonchev–Trinajstić information content (AvgIpc) is 1.98. The largest absolute Gasteiger partial charge is 0.327 e. The van der Waals surface area contributed by atoms with Crippen molar-refractivity contribution in [3.63, 3.8) is 0 Å². The molecule has 0 heterocycles. The molecule has 0 rings (SSSR count). The Labute approximate surface area is 80.9 Å². The highest BCUT2D eigenvalue weighted by molar-refractivity contribution is 7.99. The minimum atomic E-state index is 0.405. The Bertz CT molecular complexity index is 96.5. The molecule has 0 aliphatic carbocycles. The van der Waals surface area contributed by atoms with Crippen LogP contribution in [0.5, 0.6) is 0 Å². The molecule has 0 aromatic carbocycles. The molecule has 0 amide bonds. The molecule has 0 aliphatic heterocycles. The van der Waals surface area contributed by atoms with E-state index >= 15 is 0 Å². The van der Waals surface area contributed by atoms with E-state index in [4.69, 9.17) is 5.73 Å². The van der Waals surface area contributed by atoms with Gasteiger partial charge in [-0.2, -0.15) is 11.8 Å². The highest BCUT2D eigenvalue weighted by atomic mass is 32.2. The summed E-state index contributed by atoms with van der Waals surface area (Å²) in [5.74, 6) is 2.31. The maximum Gasteiger partial charge on any atom is 0.0130 e. The number of nitrogens with zero attached hydrogens (tertiary/aromatic N) is 1. The molecule has 0 saturated carbocycles. The summed E-state index contributed by atoms with van der Waals surface area (Å²) in [5.41, 5.74) is 5.87. The summed E-state index contributed by atoms with van der Waals surface area (Å²) in [6, 6.07) is 0.405. The Balaban J connectivity index is 3.08. The standard InChI is InChI=1S/C9H22N2S/c1-4-5-9(10)8-12-7-6-11(2)3/h9H,4-8,10H2,1-3H3. The van der Waals surface area contributed by atoms with Gasteiger partial charge in [0, 0.05) is 24.1 Å². The molecule has 1 unspecified atom stereocenters. The fourth-order valence-corrected chi connectivity index (χ4v) is 2.07. The van der Waals surface area contributed by atoms with Crippen molar-refractivity contribution in [3.05, 3.63) is 0 Å². The number of thioether (sulfide) groups is 1. The molecule has 12 heavy (non-hydrogen) atoms. The highest BCUT2D eigenvalue weighted by Gasteiger charge is 2.00. The SMILES string of the molecule is CCCC(N)CSCCN(C)C. The summed E-state index contributed by atoms with van der Waals surface area (Å²) in [5, 5.41) is 0. The number of nitrogens with two attached hydrogens (primary N) is 1. The predicted molar refractivity (Wildman–Crippen MR) is 58.8 cm³/mol. The van der Waals surface area contributed by atoms with E-state index in [9.17, 15) is 0 Å². The molecule has 0 bridgehead atoms. The lowest BCUT2D eigenvalue weighted by Crippen LogP contribution is -2.23. The van der Waals surface area contributed by atoms with Gasteiger partial charge in [-0.1, -0.05) is 13.3 Å². The fourth-order valence-electron chi connectivity index (χ4n) is 0.936. The van der Waals surface area contributed by atoms with Crippen LogP contribution in [0.3, 0.4) is 0 Å². The van der Waals surface area contributed by atoms with E-state index in [0.717, 1.165) is 18.7 Å². The van der Waals surface area contributed by atoms with Crippen LogP contribution in [0.1, 0.15) is 19.8 Å². The van der Waals surface area contributed by atoms with E-state index in [1.807, 2.05) is 11.8 Å². The fraction of sp³-hybridized carbons (Fsp3) is 1.00. The lowest BCUT2D eigenvalue weighted by Gasteiger charge is -2.11. The maximum atomic E-state index is 5.87. The highest BCUT2D eigenvalue weighted by Crippen LogP contribution is 2.05. The number of rotatable bonds is 7. The molecule has 0 aliphatic rings. The van der Waals surface area contributed by atoms with Gasteiger partial charge < -0.3 is 10.6 Å². The first kappa shape index (κ1) is 12.3. The third kappa shape index (κ3) is 8.37. The predicted octanol–water partition coefficient (Wildman–Crippen LogP) is 1.41. The van der Waals surface area contributed by atoms with Gasteiger partial charge in [-0.25, -0.2) is 0 Å². The molecular weight excluding hydrogens is 168 g/mol. The summed E-state index contributed by atoms with van der Waals surface area (Å²) >= 11 is 1.96. The summed E-state index contributed by atoms with van der Waals surface area (Å²) in [7, 11) is 4.21. The van der Waals surface area contributed by atoms with Crippen LogP contribution in [0.4, 0.5) is 0 Å². The first-order valence-corrected chi connectivity index (χ1v) is 5.80. The molecule has 0 spiro atoms. The van der Waals surface area contributed by atoms with Gasteiger partial charge in [0.25, 0.3) is 0 Å². The quantitative estimate of drug-likeness (QED) is 0.616. The number of hydrogen-bond donors (Lipinski definition) is 1. The van der Waals surface area contributed by atoms with Crippen molar-refractivity contribution < 1.29 is 0 Å². The van der Waals surface area contributed by atoms with Crippen LogP contribution in [-0.4, -0.2) is 43.1 Å². The van der Waals surface area contributed by atoms with E-state index < -0.39 is 0 Å². The van der Waals surface area contributed by atoms with Gasteiger partial charge >= 0.3 is 0 Å². The second kappa shape index (κ2) is 7.90. The van der Waals surface area contributed by atoms with E-state index in [1.165, 1.54) is 12.2 Å². The van der Waals surface area contributed by atoms with Crippen molar-refractivity contribution in [2.24, 2.45) is 5.73 Å². The molecule has 2 N–H and O–H groups in total. The topological polar surface area (TPSA) is 29.3 Å². The van der Waals surface area contributed by atoms with E-state index in [0.29, 0.717) is 6.04 Å². The minimum absolute atomic E-state index is 0.405. The van der Waals surface area contributed by atoms with Crippen LogP contribution in [-0.2, 0) is 0 Å². The molecule has 0 saturated heterocycles. The van der Waals surface area contributed by atoms with Gasteiger partial charge in [-0.15, -0.1) is 0 Å². The number of hydrogen-bond acceptors (Lipinski definition) is 3.